The first-order valence-electron chi connectivity index (χ1n) is 7.73. The number of nitrogens with zero attached hydrogens (tertiary/aromatic N) is 1. The molecule has 126 valence electrons. The molecule has 1 amide bonds. The van der Waals surface area contributed by atoms with Crippen molar-refractivity contribution in [3.63, 3.8) is 0 Å². The first-order chi connectivity index (χ1) is 11.7. The summed E-state index contributed by atoms with van der Waals surface area (Å²) >= 11 is 11.9. The van der Waals surface area contributed by atoms with Crippen LogP contribution in [0, 0.1) is 0 Å². The lowest BCUT2D eigenvalue weighted by Crippen LogP contribution is -2.18. The molecule has 0 atom stereocenters. The topological polar surface area (TPSA) is 41.6 Å². The molecule has 0 heterocycles. The van der Waals surface area contributed by atoms with E-state index in [0.717, 1.165) is 28.9 Å². The molecule has 0 bridgehead atoms. The number of halogens is 2. The van der Waals surface area contributed by atoms with E-state index in [9.17, 15) is 4.79 Å². The maximum atomic E-state index is 11.6. The third kappa shape index (κ3) is 3.30. The summed E-state index contributed by atoms with van der Waals surface area (Å²) in [6, 6.07) is 12.8. The van der Waals surface area contributed by atoms with Gasteiger partial charge in [-0.15, -0.1) is 23.2 Å². The maximum absolute atomic E-state index is 11.6. The van der Waals surface area contributed by atoms with Crippen LogP contribution in [-0.4, -0.2) is 24.7 Å². The van der Waals surface area contributed by atoms with E-state index in [2.05, 4.69) is 17.4 Å². The Hall–Kier alpha value is -1.91. The molecule has 0 unspecified atom stereocenters. The Balaban J connectivity index is 1.93. The number of hydrogen-bond donors (Lipinski definition) is 1. The summed E-state index contributed by atoms with van der Waals surface area (Å²) in [7, 11) is 0. The number of nitrogens with one attached hydrogen (secondary N) is 1. The SMILES string of the molecule is CCOC(=O)Nc1ccc2c(c1)-c1cc(N(CCl)CCl)ccc1C2. The normalized spacial score (nSPS) is 11.6. The molecule has 1 aliphatic carbocycles. The van der Waals surface area contributed by atoms with Crippen LogP contribution in [0.15, 0.2) is 36.4 Å². The lowest BCUT2D eigenvalue weighted by atomic mass is 10.0. The van der Waals surface area contributed by atoms with Gasteiger partial charge in [-0.1, -0.05) is 12.1 Å². The molecule has 0 aromatic heterocycles. The smallest absolute Gasteiger partial charge is 0.411 e. The average molecular weight is 365 g/mol. The van der Waals surface area contributed by atoms with Gasteiger partial charge in [0.25, 0.3) is 0 Å². The summed E-state index contributed by atoms with van der Waals surface area (Å²) in [6.45, 7) is 2.12. The van der Waals surface area contributed by atoms with Gasteiger partial charge in [0.2, 0.25) is 0 Å². The number of alkyl halides is 2. The van der Waals surface area contributed by atoms with Crippen molar-refractivity contribution in [1.29, 1.82) is 0 Å². The standard InChI is InChI=1S/C18H18Cl2N2O2/c1-2-24-18(23)21-14-5-3-12-7-13-4-6-15(22(10-19)11-20)9-17(13)16(12)8-14/h3-6,8-9H,2,7,10-11H2,1H3,(H,21,23). The predicted octanol–water partition coefficient (Wildman–Crippen LogP) is 5.03. The van der Waals surface area contributed by atoms with Crippen molar-refractivity contribution < 1.29 is 9.53 Å². The van der Waals surface area contributed by atoms with Crippen LogP contribution in [0.25, 0.3) is 11.1 Å². The van der Waals surface area contributed by atoms with E-state index in [1.54, 1.807) is 6.92 Å². The van der Waals surface area contributed by atoms with Gasteiger partial charge in [0.1, 0.15) is 0 Å². The van der Waals surface area contributed by atoms with Crippen molar-refractivity contribution in [3.8, 4) is 11.1 Å². The second-order valence-corrected chi connectivity index (χ2v) is 5.99. The van der Waals surface area contributed by atoms with Crippen LogP contribution >= 0.6 is 23.2 Å². The Morgan fingerprint density at radius 2 is 1.79 bits per heavy atom. The van der Waals surface area contributed by atoms with E-state index < -0.39 is 6.09 Å². The fraction of sp³-hybridized carbons (Fsp3) is 0.278. The molecular weight excluding hydrogens is 347 g/mol. The first kappa shape index (κ1) is 16.9. The Kier molecular flexibility index (Phi) is 5.17. The highest BCUT2D eigenvalue weighted by molar-refractivity contribution is 6.22. The summed E-state index contributed by atoms with van der Waals surface area (Å²) in [4.78, 5) is 13.5. The third-order valence-electron chi connectivity index (χ3n) is 4.05. The number of carbonyl (C=O) groups is 1. The molecule has 1 aliphatic rings. The summed E-state index contributed by atoms with van der Waals surface area (Å²) in [5, 5.41) is 2.75. The van der Waals surface area contributed by atoms with Crippen LogP contribution in [0.3, 0.4) is 0 Å². The van der Waals surface area contributed by atoms with Crippen LogP contribution in [-0.2, 0) is 11.2 Å². The average Bonchev–Trinajstić information content (AvgIpc) is 2.94. The number of rotatable bonds is 5. The minimum atomic E-state index is -0.445. The summed E-state index contributed by atoms with van der Waals surface area (Å²) in [5.41, 5.74) is 6.46. The van der Waals surface area contributed by atoms with E-state index in [-0.39, 0.29) is 0 Å². The zero-order valence-electron chi connectivity index (χ0n) is 13.3. The Morgan fingerprint density at radius 1 is 1.12 bits per heavy atom. The predicted molar refractivity (Wildman–Crippen MR) is 99.2 cm³/mol. The van der Waals surface area contributed by atoms with Crippen LogP contribution in [0.1, 0.15) is 18.1 Å². The van der Waals surface area contributed by atoms with Gasteiger partial charge in [-0.3, -0.25) is 5.32 Å². The van der Waals surface area contributed by atoms with Crippen LogP contribution in [0.2, 0.25) is 0 Å². The number of benzene rings is 2. The third-order valence-corrected chi connectivity index (χ3v) is 4.63. The second kappa shape index (κ2) is 7.32. The Morgan fingerprint density at radius 3 is 2.46 bits per heavy atom. The number of amides is 1. The minimum Gasteiger partial charge on any atom is -0.450 e. The minimum absolute atomic E-state index is 0.333. The summed E-state index contributed by atoms with van der Waals surface area (Å²) in [6.07, 6.45) is 0.437. The van der Waals surface area contributed by atoms with Gasteiger partial charge in [0, 0.05) is 11.4 Å². The number of ether oxygens (including phenoxy) is 1. The molecule has 3 rings (SSSR count). The summed E-state index contributed by atoms with van der Waals surface area (Å²) in [5.74, 6) is 0. The number of anilines is 2. The molecule has 24 heavy (non-hydrogen) atoms. The van der Waals surface area contributed by atoms with E-state index in [1.165, 1.54) is 11.1 Å². The van der Waals surface area contributed by atoms with Gasteiger partial charge >= 0.3 is 6.09 Å². The van der Waals surface area contributed by atoms with Gasteiger partial charge in [-0.25, -0.2) is 4.79 Å². The molecule has 2 aromatic rings. The number of hydrogen-bond acceptors (Lipinski definition) is 3. The van der Waals surface area contributed by atoms with E-state index in [0.29, 0.717) is 18.6 Å². The highest BCUT2D eigenvalue weighted by Gasteiger charge is 2.20. The zero-order valence-corrected chi connectivity index (χ0v) is 14.8. The molecule has 0 spiro atoms. The van der Waals surface area contributed by atoms with Gasteiger partial charge < -0.3 is 9.64 Å². The molecule has 4 nitrogen and oxygen atoms in total. The quantitative estimate of drug-likeness (QED) is 0.510. The zero-order chi connectivity index (χ0) is 17.1. The molecule has 0 fully saturated rings. The van der Waals surface area contributed by atoms with Crippen molar-refractivity contribution in [3.05, 3.63) is 47.5 Å². The molecule has 1 N–H and O–H groups in total. The van der Waals surface area contributed by atoms with Crippen molar-refractivity contribution >= 4 is 40.7 Å². The van der Waals surface area contributed by atoms with Crippen molar-refractivity contribution in [2.24, 2.45) is 0 Å². The first-order valence-corrected chi connectivity index (χ1v) is 8.80. The lowest BCUT2D eigenvalue weighted by molar-refractivity contribution is 0.168. The van der Waals surface area contributed by atoms with Crippen molar-refractivity contribution in [2.45, 2.75) is 13.3 Å². The van der Waals surface area contributed by atoms with E-state index in [1.807, 2.05) is 29.2 Å². The van der Waals surface area contributed by atoms with Crippen LogP contribution in [0.5, 0.6) is 0 Å². The molecule has 0 saturated carbocycles. The Labute approximate surface area is 151 Å². The fourth-order valence-electron chi connectivity index (χ4n) is 2.89. The Bertz CT molecular complexity index is 761. The van der Waals surface area contributed by atoms with Gasteiger partial charge in [-0.05, 0) is 59.9 Å². The number of carbonyl (C=O) groups excluding carboxylic acids is 1. The molecular formula is C18H18Cl2N2O2. The fourth-order valence-corrected chi connectivity index (χ4v) is 3.42. The molecule has 0 aliphatic heterocycles. The molecule has 2 aromatic carbocycles. The van der Waals surface area contributed by atoms with Crippen LogP contribution in [0.4, 0.5) is 16.2 Å². The van der Waals surface area contributed by atoms with Crippen molar-refractivity contribution in [2.75, 3.05) is 28.8 Å². The highest BCUT2D eigenvalue weighted by atomic mass is 35.5. The van der Waals surface area contributed by atoms with E-state index in [4.69, 9.17) is 27.9 Å². The van der Waals surface area contributed by atoms with E-state index >= 15 is 0 Å². The monoisotopic (exact) mass is 364 g/mol. The van der Waals surface area contributed by atoms with Crippen LogP contribution < -0.4 is 10.2 Å². The second-order valence-electron chi connectivity index (χ2n) is 5.51. The molecule has 6 heteroatoms. The molecule has 0 saturated heterocycles. The molecule has 0 radical (unpaired) electrons. The lowest BCUT2D eigenvalue weighted by Gasteiger charge is -2.19. The highest BCUT2D eigenvalue weighted by Crippen LogP contribution is 2.40. The van der Waals surface area contributed by atoms with Gasteiger partial charge in [0.05, 0.1) is 18.6 Å². The largest absolute Gasteiger partial charge is 0.450 e. The summed E-state index contributed by atoms with van der Waals surface area (Å²) < 4.78 is 4.93. The van der Waals surface area contributed by atoms with Crippen molar-refractivity contribution in [1.82, 2.24) is 0 Å². The maximum Gasteiger partial charge on any atom is 0.411 e. The van der Waals surface area contributed by atoms with Gasteiger partial charge in [-0.2, -0.15) is 0 Å². The van der Waals surface area contributed by atoms with Gasteiger partial charge in [0.15, 0.2) is 0 Å². The number of fused-ring (bicyclic) bond motifs is 3.